The molecule has 1 aromatic carbocycles. The molecule has 0 radical (unpaired) electrons. The van der Waals surface area contributed by atoms with E-state index in [1.54, 1.807) is 6.07 Å². The molecule has 1 aliphatic carbocycles. The van der Waals surface area contributed by atoms with E-state index in [-0.39, 0.29) is 17.6 Å². The number of hydrogen-bond donors (Lipinski definition) is 2. The minimum Gasteiger partial charge on any atom is -0.354 e. The molecule has 0 aliphatic heterocycles. The summed E-state index contributed by atoms with van der Waals surface area (Å²) in [5, 5.41) is 5.66. The summed E-state index contributed by atoms with van der Waals surface area (Å²) < 4.78 is 38.0. The van der Waals surface area contributed by atoms with E-state index in [1.165, 1.54) is 24.4 Å². The molecule has 4 nitrogen and oxygen atoms in total. The Morgan fingerprint density at radius 1 is 1.13 bits per heavy atom. The first-order valence-electron chi connectivity index (χ1n) is 7.13. The van der Waals surface area contributed by atoms with Gasteiger partial charge in [0.1, 0.15) is 5.69 Å². The number of aromatic nitrogens is 1. The summed E-state index contributed by atoms with van der Waals surface area (Å²) in [6, 6.07) is 8.27. The third-order valence-electron chi connectivity index (χ3n) is 3.39. The number of nitrogens with one attached hydrogen (secondary N) is 2. The van der Waals surface area contributed by atoms with Gasteiger partial charge in [0.2, 0.25) is 0 Å². The fourth-order valence-corrected chi connectivity index (χ4v) is 2.03. The molecule has 1 saturated carbocycles. The zero-order valence-electron chi connectivity index (χ0n) is 12.0. The molecule has 1 aliphatic rings. The predicted octanol–water partition coefficient (Wildman–Crippen LogP) is 3.74. The fraction of sp³-hybridized carbons (Fsp3) is 0.250. The van der Waals surface area contributed by atoms with Gasteiger partial charge in [0.05, 0.1) is 17.4 Å². The zero-order valence-corrected chi connectivity index (χ0v) is 12.0. The Labute approximate surface area is 130 Å². The van der Waals surface area contributed by atoms with Crippen LogP contribution in [0.1, 0.15) is 28.9 Å². The average Bonchev–Trinajstić information content (AvgIpc) is 3.31. The summed E-state index contributed by atoms with van der Waals surface area (Å²) in [7, 11) is 0. The first-order valence-corrected chi connectivity index (χ1v) is 7.13. The second-order valence-electron chi connectivity index (χ2n) is 5.38. The molecule has 2 N–H and O–H groups in total. The predicted molar refractivity (Wildman–Crippen MR) is 79.5 cm³/mol. The molecule has 120 valence electrons. The molecule has 0 spiro atoms. The topological polar surface area (TPSA) is 54.0 Å². The van der Waals surface area contributed by atoms with Crippen LogP contribution in [0.25, 0.3) is 0 Å². The van der Waals surface area contributed by atoms with Crippen LogP contribution in [0.4, 0.5) is 24.5 Å². The number of anilines is 2. The number of amides is 1. The monoisotopic (exact) mass is 321 g/mol. The number of nitrogens with zero attached hydrogens (tertiary/aromatic N) is 1. The number of rotatable bonds is 4. The smallest absolute Gasteiger partial charge is 0.354 e. The van der Waals surface area contributed by atoms with Gasteiger partial charge in [-0.05, 0) is 43.2 Å². The van der Waals surface area contributed by atoms with Crippen molar-refractivity contribution in [1.29, 1.82) is 0 Å². The van der Waals surface area contributed by atoms with E-state index in [4.69, 9.17) is 0 Å². The molecule has 1 fully saturated rings. The lowest BCUT2D eigenvalue weighted by Gasteiger charge is -2.10. The Bertz CT molecular complexity index is 709. The molecule has 23 heavy (non-hydrogen) atoms. The van der Waals surface area contributed by atoms with Crippen molar-refractivity contribution in [2.24, 2.45) is 0 Å². The van der Waals surface area contributed by atoms with Crippen LogP contribution < -0.4 is 10.6 Å². The van der Waals surface area contributed by atoms with E-state index >= 15 is 0 Å². The van der Waals surface area contributed by atoms with Crippen LogP contribution in [0.15, 0.2) is 42.6 Å². The van der Waals surface area contributed by atoms with Crippen LogP contribution >= 0.6 is 0 Å². The first kappa shape index (κ1) is 15.3. The molecular weight excluding hydrogens is 307 g/mol. The van der Waals surface area contributed by atoms with Gasteiger partial charge in [-0.1, -0.05) is 6.07 Å². The third kappa shape index (κ3) is 4.00. The van der Waals surface area contributed by atoms with E-state index in [2.05, 4.69) is 15.6 Å². The van der Waals surface area contributed by atoms with Crippen LogP contribution in [-0.2, 0) is 6.18 Å². The molecule has 0 saturated heterocycles. The lowest BCUT2D eigenvalue weighted by Crippen LogP contribution is -2.26. The quantitative estimate of drug-likeness (QED) is 0.902. The lowest BCUT2D eigenvalue weighted by molar-refractivity contribution is -0.137. The Hall–Kier alpha value is -2.57. The van der Waals surface area contributed by atoms with Crippen molar-refractivity contribution in [1.82, 2.24) is 10.3 Å². The van der Waals surface area contributed by atoms with Crippen molar-refractivity contribution >= 4 is 17.3 Å². The maximum atomic E-state index is 12.7. The van der Waals surface area contributed by atoms with Crippen molar-refractivity contribution < 1.29 is 18.0 Å². The minimum atomic E-state index is -4.39. The molecule has 7 heteroatoms. The van der Waals surface area contributed by atoms with Crippen LogP contribution in [0, 0.1) is 0 Å². The van der Waals surface area contributed by atoms with Gasteiger partial charge >= 0.3 is 6.18 Å². The highest BCUT2D eigenvalue weighted by atomic mass is 19.4. The Morgan fingerprint density at radius 2 is 1.91 bits per heavy atom. The van der Waals surface area contributed by atoms with Crippen molar-refractivity contribution in [2.75, 3.05) is 5.32 Å². The summed E-state index contributed by atoms with van der Waals surface area (Å²) >= 11 is 0. The largest absolute Gasteiger partial charge is 0.416 e. The van der Waals surface area contributed by atoms with E-state index in [9.17, 15) is 18.0 Å². The molecular formula is C16H14F3N3O. The number of hydrogen-bond acceptors (Lipinski definition) is 3. The highest BCUT2D eigenvalue weighted by Gasteiger charge is 2.30. The SMILES string of the molecule is O=C(NC1CC1)c1ccc(Nc2cccc(C(F)(F)F)c2)cn1. The van der Waals surface area contributed by atoms with E-state index in [0.717, 1.165) is 25.0 Å². The third-order valence-corrected chi connectivity index (χ3v) is 3.39. The van der Waals surface area contributed by atoms with Crippen LogP contribution in [0.5, 0.6) is 0 Å². The van der Waals surface area contributed by atoms with Crippen LogP contribution in [0.2, 0.25) is 0 Å². The van der Waals surface area contributed by atoms with Gasteiger partial charge in [0.15, 0.2) is 0 Å². The lowest BCUT2D eigenvalue weighted by atomic mass is 10.2. The number of carbonyl (C=O) groups is 1. The normalized spacial score (nSPS) is 14.4. The van der Waals surface area contributed by atoms with Crippen LogP contribution in [0.3, 0.4) is 0 Å². The summed E-state index contributed by atoms with van der Waals surface area (Å²) in [6.07, 6.45) is -0.995. The summed E-state index contributed by atoms with van der Waals surface area (Å²) in [5.41, 5.74) is 0.367. The van der Waals surface area contributed by atoms with E-state index in [0.29, 0.717) is 11.4 Å². The van der Waals surface area contributed by atoms with Gasteiger partial charge < -0.3 is 10.6 Å². The molecule has 3 rings (SSSR count). The highest BCUT2D eigenvalue weighted by Crippen LogP contribution is 2.31. The molecule has 1 amide bonds. The molecule has 0 unspecified atom stereocenters. The molecule has 0 bridgehead atoms. The zero-order chi connectivity index (χ0) is 16.4. The second kappa shape index (κ2) is 5.91. The van der Waals surface area contributed by atoms with Crippen molar-refractivity contribution in [3.8, 4) is 0 Å². The van der Waals surface area contributed by atoms with Crippen LogP contribution in [-0.4, -0.2) is 16.9 Å². The van der Waals surface area contributed by atoms with Gasteiger partial charge in [0, 0.05) is 11.7 Å². The Kier molecular flexibility index (Phi) is 3.94. The summed E-state index contributed by atoms with van der Waals surface area (Å²) in [5.74, 6) is -0.238. The Balaban J connectivity index is 1.69. The maximum absolute atomic E-state index is 12.7. The number of halogens is 3. The first-order chi connectivity index (χ1) is 10.9. The molecule has 2 aromatic rings. The minimum absolute atomic E-state index is 0.238. The molecule has 1 aromatic heterocycles. The van der Waals surface area contributed by atoms with Gasteiger partial charge in [-0.3, -0.25) is 4.79 Å². The summed E-state index contributed by atoms with van der Waals surface area (Å²) in [6.45, 7) is 0. The van der Waals surface area contributed by atoms with Gasteiger partial charge in [0.25, 0.3) is 5.91 Å². The van der Waals surface area contributed by atoms with Gasteiger partial charge in [-0.15, -0.1) is 0 Å². The number of alkyl halides is 3. The Morgan fingerprint density at radius 3 is 2.52 bits per heavy atom. The highest BCUT2D eigenvalue weighted by molar-refractivity contribution is 5.92. The molecule has 1 heterocycles. The van der Waals surface area contributed by atoms with E-state index < -0.39 is 11.7 Å². The average molecular weight is 321 g/mol. The standard InChI is InChI=1S/C16H14F3N3O/c17-16(18,19)10-2-1-3-12(8-10)21-13-6-7-14(20-9-13)15(23)22-11-4-5-11/h1-3,6-9,11,21H,4-5H2,(H,22,23). The van der Waals surface area contributed by atoms with Crippen molar-refractivity contribution in [3.63, 3.8) is 0 Å². The van der Waals surface area contributed by atoms with Crippen molar-refractivity contribution in [3.05, 3.63) is 53.9 Å². The van der Waals surface area contributed by atoms with Crippen molar-refractivity contribution in [2.45, 2.75) is 25.1 Å². The number of benzene rings is 1. The molecule has 0 atom stereocenters. The second-order valence-corrected chi connectivity index (χ2v) is 5.38. The van der Waals surface area contributed by atoms with E-state index in [1.807, 2.05) is 0 Å². The van der Waals surface area contributed by atoms with Gasteiger partial charge in [-0.2, -0.15) is 13.2 Å². The number of carbonyl (C=O) groups excluding carboxylic acids is 1. The number of pyridine rings is 1. The summed E-state index contributed by atoms with van der Waals surface area (Å²) in [4.78, 5) is 15.8. The van der Waals surface area contributed by atoms with Gasteiger partial charge in [-0.25, -0.2) is 4.98 Å². The fourth-order valence-electron chi connectivity index (χ4n) is 2.03. The maximum Gasteiger partial charge on any atom is 0.416 e.